The average Bonchev–Trinajstić information content (AvgIpc) is 2.75. The number of nitrogens with one attached hydrogen (secondary N) is 1. The molecule has 1 heterocycles. The second kappa shape index (κ2) is 6.79. The third-order valence-electron chi connectivity index (χ3n) is 3.01. The van der Waals surface area contributed by atoms with Gasteiger partial charge in [0.2, 0.25) is 0 Å². The molecular weight excluding hydrogens is 326 g/mol. The summed E-state index contributed by atoms with van der Waals surface area (Å²) in [5.41, 5.74) is 0.813. The fourth-order valence-corrected chi connectivity index (χ4v) is 2.97. The number of halogens is 1. The van der Waals surface area contributed by atoms with Gasteiger partial charge in [0, 0.05) is 11.4 Å². The van der Waals surface area contributed by atoms with Gasteiger partial charge in [0.05, 0.1) is 5.69 Å². The van der Waals surface area contributed by atoms with E-state index in [1.807, 2.05) is 13.8 Å². The highest BCUT2D eigenvalue weighted by molar-refractivity contribution is 9.09. The van der Waals surface area contributed by atoms with E-state index in [1.54, 1.807) is 0 Å². The quantitative estimate of drug-likeness (QED) is 0.828. The van der Waals surface area contributed by atoms with Gasteiger partial charge in [-0.1, -0.05) is 55.0 Å². The first-order chi connectivity index (χ1) is 8.77. The van der Waals surface area contributed by atoms with Crippen LogP contribution in [0.3, 0.4) is 0 Å². The fraction of sp³-hybridized carbons (Fsp3) is 0.769. The van der Waals surface area contributed by atoms with Crippen LogP contribution in [0.2, 0.25) is 0 Å². The van der Waals surface area contributed by atoms with E-state index in [4.69, 9.17) is 0 Å². The first kappa shape index (κ1) is 16.6. The summed E-state index contributed by atoms with van der Waals surface area (Å²) in [6.45, 7) is 10.4. The van der Waals surface area contributed by atoms with E-state index >= 15 is 0 Å². The number of hydrogen-bond acceptors (Lipinski definition) is 4. The summed E-state index contributed by atoms with van der Waals surface area (Å²) >= 11 is 4.62. The molecule has 1 unspecified atom stereocenters. The highest BCUT2D eigenvalue weighted by atomic mass is 79.9. The largest absolute Gasteiger partial charge is 0.348 e. The maximum absolute atomic E-state index is 12.4. The Balaban J connectivity index is 2.85. The maximum atomic E-state index is 12.4. The van der Waals surface area contributed by atoms with Crippen molar-refractivity contribution in [2.45, 2.75) is 53.0 Å². The second-order valence-electron chi connectivity index (χ2n) is 6.01. The Morgan fingerprint density at radius 2 is 2.05 bits per heavy atom. The van der Waals surface area contributed by atoms with Crippen LogP contribution >= 0.6 is 27.5 Å². The Hall–Kier alpha value is -0.490. The molecule has 0 bridgehead atoms. The molecule has 19 heavy (non-hydrogen) atoms. The summed E-state index contributed by atoms with van der Waals surface area (Å²) < 4.78 is 3.90. The smallest absolute Gasteiger partial charge is 0.265 e. The Labute approximate surface area is 127 Å². The molecule has 0 saturated heterocycles. The van der Waals surface area contributed by atoms with Crippen molar-refractivity contribution in [3.8, 4) is 0 Å². The summed E-state index contributed by atoms with van der Waals surface area (Å²) in [5, 5.41) is 8.04. The number of amides is 1. The lowest BCUT2D eigenvalue weighted by Crippen LogP contribution is -2.44. The van der Waals surface area contributed by atoms with E-state index < -0.39 is 0 Å². The predicted octanol–water partition coefficient (Wildman–Crippen LogP) is 3.59. The van der Waals surface area contributed by atoms with Crippen LogP contribution < -0.4 is 5.32 Å². The van der Waals surface area contributed by atoms with Gasteiger partial charge in [-0.3, -0.25) is 4.79 Å². The van der Waals surface area contributed by atoms with Crippen molar-refractivity contribution in [2.75, 3.05) is 5.33 Å². The van der Waals surface area contributed by atoms with Crippen LogP contribution in [0.5, 0.6) is 0 Å². The van der Waals surface area contributed by atoms with Crippen molar-refractivity contribution in [2.24, 2.45) is 5.41 Å². The standard InChI is InChI=1S/C13H22BrN3OS/c1-8(2)10-11(19-17-16-10)12(18)15-9(6-7-14)13(3,4)5/h8-9H,6-7H2,1-5H3,(H,15,18). The third kappa shape index (κ3) is 4.53. The van der Waals surface area contributed by atoms with Gasteiger partial charge < -0.3 is 5.32 Å². The molecule has 0 saturated carbocycles. The number of carbonyl (C=O) groups excluding carboxylic acids is 1. The van der Waals surface area contributed by atoms with E-state index in [0.717, 1.165) is 17.4 Å². The first-order valence-electron chi connectivity index (χ1n) is 6.46. The summed E-state index contributed by atoms with van der Waals surface area (Å²) in [5.74, 6) is 0.156. The van der Waals surface area contributed by atoms with Crippen molar-refractivity contribution < 1.29 is 4.79 Å². The van der Waals surface area contributed by atoms with Crippen LogP contribution in [0.1, 0.15) is 62.3 Å². The molecule has 0 aliphatic carbocycles. The highest BCUT2D eigenvalue weighted by Crippen LogP contribution is 2.25. The zero-order valence-corrected chi connectivity index (χ0v) is 14.6. The Kier molecular flexibility index (Phi) is 5.92. The summed E-state index contributed by atoms with van der Waals surface area (Å²) in [6, 6.07) is 0.126. The van der Waals surface area contributed by atoms with Gasteiger partial charge in [-0.05, 0) is 29.3 Å². The van der Waals surface area contributed by atoms with Crippen LogP contribution in [-0.2, 0) is 0 Å². The summed E-state index contributed by atoms with van der Waals surface area (Å²) in [4.78, 5) is 13.0. The molecule has 1 N–H and O–H groups in total. The number of aromatic nitrogens is 2. The zero-order valence-electron chi connectivity index (χ0n) is 12.2. The molecule has 0 fully saturated rings. The van der Waals surface area contributed by atoms with Crippen LogP contribution in [-0.4, -0.2) is 26.9 Å². The summed E-state index contributed by atoms with van der Waals surface area (Å²) in [7, 11) is 0. The lowest BCUT2D eigenvalue weighted by molar-refractivity contribution is 0.0903. The number of hydrogen-bond donors (Lipinski definition) is 1. The lowest BCUT2D eigenvalue weighted by atomic mass is 9.85. The van der Waals surface area contributed by atoms with Crippen molar-refractivity contribution in [3.05, 3.63) is 10.6 Å². The van der Waals surface area contributed by atoms with Crippen LogP contribution in [0.4, 0.5) is 0 Å². The normalized spacial score (nSPS) is 13.6. The van der Waals surface area contributed by atoms with Gasteiger partial charge in [-0.15, -0.1) is 5.10 Å². The van der Waals surface area contributed by atoms with E-state index in [2.05, 4.69) is 51.6 Å². The molecule has 0 aliphatic heterocycles. The molecule has 1 rings (SSSR count). The number of carbonyl (C=O) groups is 1. The molecule has 0 aliphatic rings. The van der Waals surface area contributed by atoms with Gasteiger partial charge >= 0.3 is 0 Å². The Bertz CT molecular complexity index is 426. The molecule has 6 heteroatoms. The minimum absolute atomic E-state index is 0.0273. The monoisotopic (exact) mass is 347 g/mol. The van der Waals surface area contributed by atoms with Gasteiger partial charge in [-0.25, -0.2) is 0 Å². The zero-order chi connectivity index (χ0) is 14.6. The van der Waals surface area contributed by atoms with Crippen LogP contribution in [0.15, 0.2) is 0 Å². The Morgan fingerprint density at radius 1 is 1.42 bits per heavy atom. The molecule has 108 valence electrons. The van der Waals surface area contributed by atoms with E-state index in [0.29, 0.717) is 4.88 Å². The average molecular weight is 348 g/mol. The molecule has 1 atom stereocenters. The molecule has 1 aromatic heterocycles. The SMILES string of the molecule is CC(C)c1nnsc1C(=O)NC(CCBr)C(C)(C)C. The van der Waals surface area contributed by atoms with Gasteiger partial charge in [0.1, 0.15) is 4.88 Å². The van der Waals surface area contributed by atoms with Crippen LogP contribution in [0.25, 0.3) is 0 Å². The van der Waals surface area contributed by atoms with E-state index in [1.165, 1.54) is 11.5 Å². The molecule has 0 radical (unpaired) electrons. The van der Waals surface area contributed by atoms with Crippen molar-refractivity contribution >= 4 is 33.4 Å². The maximum Gasteiger partial charge on any atom is 0.265 e. The van der Waals surface area contributed by atoms with Gasteiger partial charge in [0.15, 0.2) is 0 Å². The van der Waals surface area contributed by atoms with Crippen molar-refractivity contribution in [1.82, 2.24) is 14.9 Å². The van der Waals surface area contributed by atoms with Crippen molar-refractivity contribution in [1.29, 1.82) is 0 Å². The Morgan fingerprint density at radius 3 is 2.53 bits per heavy atom. The molecular formula is C13H22BrN3OS. The minimum Gasteiger partial charge on any atom is -0.348 e. The summed E-state index contributed by atoms with van der Waals surface area (Å²) in [6.07, 6.45) is 0.901. The molecule has 1 amide bonds. The molecule has 0 spiro atoms. The minimum atomic E-state index is -0.0559. The second-order valence-corrected chi connectivity index (χ2v) is 7.56. The molecule has 0 aromatic carbocycles. The first-order valence-corrected chi connectivity index (χ1v) is 8.36. The van der Waals surface area contributed by atoms with Gasteiger partial charge in [0.25, 0.3) is 5.91 Å². The number of rotatable bonds is 5. The number of nitrogens with zero attached hydrogens (tertiary/aromatic N) is 2. The predicted molar refractivity (Wildman–Crippen MR) is 83.1 cm³/mol. The van der Waals surface area contributed by atoms with E-state index in [-0.39, 0.29) is 23.3 Å². The number of alkyl halides is 1. The third-order valence-corrected chi connectivity index (χ3v) is 4.21. The van der Waals surface area contributed by atoms with Crippen molar-refractivity contribution in [3.63, 3.8) is 0 Å². The van der Waals surface area contributed by atoms with Crippen LogP contribution in [0, 0.1) is 5.41 Å². The van der Waals surface area contributed by atoms with E-state index in [9.17, 15) is 4.79 Å². The molecule has 4 nitrogen and oxygen atoms in total. The van der Waals surface area contributed by atoms with Gasteiger partial charge in [-0.2, -0.15) is 0 Å². The topological polar surface area (TPSA) is 54.9 Å². The molecule has 1 aromatic rings. The highest BCUT2D eigenvalue weighted by Gasteiger charge is 2.28. The fourth-order valence-electron chi connectivity index (χ4n) is 1.79. The lowest BCUT2D eigenvalue weighted by Gasteiger charge is -2.31.